The lowest BCUT2D eigenvalue weighted by atomic mass is 10.1. The number of benzene rings is 1. The molecule has 0 N–H and O–H groups in total. The Morgan fingerprint density at radius 2 is 2.00 bits per heavy atom. The molecule has 0 radical (unpaired) electrons. The van der Waals surface area contributed by atoms with Crippen molar-refractivity contribution in [1.29, 1.82) is 5.26 Å². The first-order valence-electron chi connectivity index (χ1n) is 6.36. The fraction of sp³-hybridized carbons (Fsp3) is 0.467. The van der Waals surface area contributed by atoms with Crippen LogP contribution in [0.4, 0.5) is 0 Å². The molecular formula is C15H21NO2Si. The molecule has 0 saturated heterocycles. The second-order valence-electron chi connectivity index (χ2n) is 6.15. The second kappa shape index (κ2) is 5.58. The van der Waals surface area contributed by atoms with E-state index in [0.717, 1.165) is 5.75 Å². The number of carbonyl (C=O) groups excluding carboxylic acids is 1. The van der Waals surface area contributed by atoms with Crippen molar-refractivity contribution >= 4 is 14.1 Å². The Morgan fingerprint density at radius 1 is 1.37 bits per heavy atom. The summed E-state index contributed by atoms with van der Waals surface area (Å²) in [5.41, 5.74) is 0.540. The Bertz CT molecular complexity index is 510. The molecule has 0 amide bonds. The summed E-state index contributed by atoms with van der Waals surface area (Å²) in [5.74, 6) is 0.554. The van der Waals surface area contributed by atoms with Crippen LogP contribution in [0.1, 0.15) is 37.6 Å². The van der Waals surface area contributed by atoms with Gasteiger partial charge in [-0.1, -0.05) is 32.9 Å². The summed E-state index contributed by atoms with van der Waals surface area (Å²) >= 11 is 0. The van der Waals surface area contributed by atoms with Gasteiger partial charge in [0.05, 0.1) is 12.5 Å². The summed E-state index contributed by atoms with van der Waals surface area (Å²) in [6, 6.07) is 9.00. The summed E-state index contributed by atoms with van der Waals surface area (Å²) in [6.07, 6.45) is -0.0937. The Balaban J connectivity index is 2.96. The van der Waals surface area contributed by atoms with Gasteiger partial charge in [-0.15, -0.1) is 0 Å². The van der Waals surface area contributed by atoms with Gasteiger partial charge >= 0.3 is 0 Å². The Labute approximate surface area is 116 Å². The van der Waals surface area contributed by atoms with Crippen LogP contribution in [0.5, 0.6) is 5.75 Å². The van der Waals surface area contributed by atoms with Crippen molar-refractivity contribution in [2.45, 2.75) is 45.3 Å². The van der Waals surface area contributed by atoms with Gasteiger partial charge in [0.1, 0.15) is 5.75 Å². The van der Waals surface area contributed by atoms with E-state index in [1.54, 1.807) is 18.2 Å². The van der Waals surface area contributed by atoms with Gasteiger partial charge in [-0.3, -0.25) is 4.79 Å². The van der Waals surface area contributed by atoms with Crippen molar-refractivity contribution in [3.8, 4) is 11.8 Å². The number of nitriles is 1. The smallest absolute Gasteiger partial charge is 0.250 e. The number of rotatable bonds is 4. The van der Waals surface area contributed by atoms with Crippen LogP contribution in [0.3, 0.4) is 0 Å². The summed E-state index contributed by atoms with van der Waals surface area (Å²) in [4.78, 5) is 11.7. The highest BCUT2D eigenvalue weighted by atomic mass is 28.4. The molecule has 1 aromatic carbocycles. The van der Waals surface area contributed by atoms with Gasteiger partial charge in [0.15, 0.2) is 5.78 Å². The number of nitrogens with zero attached hydrogens (tertiary/aromatic N) is 1. The molecule has 0 heterocycles. The largest absolute Gasteiger partial charge is 0.543 e. The van der Waals surface area contributed by atoms with Gasteiger partial charge in [-0.25, -0.2) is 0 Å². The molecule has 3 nitrogen and oxygen atoms in total. The van der Waals surface area contributed by atoms with E-state index in [-0.39, 0.29) is 17.2 Å². The Hall–Kier alpha value is -1.60. The SMILES string of the molecule is CC(C)(C)[Si](C)(C)Oc1cccc(C(=O)CC#N)c1. The average Bonchev–Trinajstić information content (AvgIpc) is 2.27. The maximum absolute atomic E-state index is 11.7. The van der Waals surface area contributed by atoms with Crippen LogP contribution in [0.2, 0.25) is 18.1 Å². The van der Waals surface area contributed by atoms with Crippen molar-refractivity contribution in [3.05, 3.63) is 29.8 Å². The molecule has 0 aliphatic carbocycles. The highest BCUT2D eigenvalue weighted by Crippen LogP contribution is 2.37. The quantitative estimate of drug-likeness (QED) is 0.612. The van der Waals surface area contributed by atoms with Crippen LogP contribution in [-0.2, 0) is 0 Å². The van der Waals surface area contributed by atoms with Crippen molar-refractivity contribution < 1.29 is 9.22 Å². The standard InChI is InChI=1S/C15H21NO2Si/c1-15(2,3)19(4,5)18-13-8-6-7-12(11-13)14(17)9-10-16/h6-8,11H,9H2,1-5H3. The van der Waals surface area contributed by atoms with Crippen molar-refractivity contribution in [3.63, 3.8) is 0 Å². The number of ketones is 1. The number of Topliss-reactive ketones (excluding diaryl/α,β-unsaturated/α-hetero) is 1. The highest BCUT2D eigenvalue weighted by Gasteiger charge is 2.38. The van der Waals surface area contributed by atoms with E-state index < -0.39 is 8.32 Å². The Kier molecular flexibility index (Phi) is 4.54. The lowest BCUT2D eigenvalue weighted by Crippen LogP contribution is -2.43. The predicted octanol–water partition coefficient (Wildman–Crippen LogP) is 4.17. The maximum atomic E-state index is 11.7. The molecule has 0 saturated carbocycles. The lowest BCUT2D eigenvalue weighted by Gasteiger charge is -2.36. The Morgan fingerprint density at radius 3 is 2.53 bits per heavy atom. The van der Waals surface area contributed by atoms with E-state index in [0.29, 0.717) is 5.56 Å². The van der Waals surface area contributed by atoms with Crippen LogP contribution in [-0.4, -0.2) is 14.1 Å². The number of hydrogen-bond donors (Lipinski definition) is 0. The van der Waals surface area contributed by atoms with Gasteiger partial charge in [0, 0.05) is 5.56 Å². The van der Waals surface area contributed by atoms with Crippen molar-refractivity contribution in [2.75, 3.05) is 0 Å². The molecule has 1 aromatic rings. The van der Waals surface area contributed by atoms with E-state index in [4.69, 9.17) is 9.69 Å². The molecule has 1 rings (SSSR count). The molecule has 19 heavy (non-hydrogen) atoms. The van der Waals surface area contributed by atoms with Crippen LogP contribution in [0, 0.1) is 11.3 Å². The third-order valence-corrected chi connectivity index (χ3v) is 7.93. The summed E-state index contributed by atoms with van der Waals surface area (Å²) in [5, 5.41) is 8.68. The molecule has 0 spiro atoms. The van der Waals surface area contributed by atoms with Gasteiger partial charge < -0.3 is 4.43 Å². The molecule has 0 unspecified atom stereocenters. The average molecular weight is 275 g/mol. The van der Waals surface area contributed by atoms with E-state index in [1.165, 1.54) is 0 Å². The fourth-order valence-corrected chi connectivity index (χ4v) is 2.38. The zero-order chi connectivity index (χ0) is 14.7. The minimum absolute atomic E-state index is 0.0937. The molecule has 0 fully saturated rings. The molecule has 4 heteroatoms. The van der Waals surface area contributed by atoms with Gasteiger partial charge in [-0.2, -0.15) is 5.26 Å². The topological polar surface area (TPSA) is 50.1 Å². The third kappa shape index (κ3) is 3.93. The zero-order valence-electron chi connectivity index (χ0n) is 12.3. The third-order valence-electron chi connectivity index (χ3n) is 3.57. The summed E-state index contributed by atoms with van der Waals surface area (Å²) in [7, 11) is -1.90. The van der Waals surface area contributed by atoms with Crippen LogP contribution in [0.25, 0.3) is 0 Å². The minimum Gasteiger partial charge on any atom is -0.543 e. The predicted molar refractivity (Wildman–Crippen MR) is 78.8 cm³/mol. The molecule has 0 aliphatic rings. The fourth-order valence-electron chi connectivity index (χ4n) is 1.35. The highest BCUT2D eigenvalue weighted by molar-refractivity contribution is 6.74. The van der Waals surface area contributed by atoms with Crippen molar-refractivity contribution in [2.24, 2.45) is 0 Å². The first-order chi connectivity index (χ1) is 8.67. The monoisotopic (exact) mass is 275 g/mol. The summed E-state index contributed by atoms with van der Waals surface area (Å²) in [6.45, 7) is 10.8. The molecule has 0 bridgehead atoms. The molecule has 0 aliphatic heterocycles. The number of hydrogen-bond acceptors (Lipinski definition) is 3. The van der Waals surface area contributed by atoms with Crippen LogP contribution >= 0.6 is 0 Å². The molecule has 0 atom stereocenters. The maximum Gasteiger partial charge on any atom is 0.250 e. The van der Waals surface area contributed by atoms with E-state index in [1.807, 2.05) is 12.1 Å². The first kappa shape index (κ1) is 15.5. The van der Waals surface area contributed by atoms with E-state index >= 15 is 0 Å². The molecule has 0 aromatic heterocycles. The number of carbonyl (C=O) groups is 1. The molecular weight excluding hydrogens is 254 g/mol. The summed E-state index contributed by atoms with van der Waals surface area (Å²) < 4.78 is 6.14. The lowest BCUT2D eigenvalue weighted by molar-refractivity contribution is 0.0997. The normalized spacial score (nSPS) is 11.8. The first-order valence-corrected chi connectivity index (χ1v) is 9.27. The van der Waals surface area contributed by atoms with Crippen LogP contribution < -0.4 is 4.43 Å². The van der Waals surface area contributed by atoms with E-state index in [2.05, 4.69) is 33.9 Å². The van der Waals surface area contributed by atoms with Gasteiger partial charge in [0.25, 0.3) is 0 Å². The van der Waals surface area contributed by atoms with E-state index in [9.17, 15) is 4.79 Å². The second-order valence-corrected chi connectivity index (χ2v) is 10.9. The minimum atomic E-state index is -1.90. The van der Waals surface area contributed by atoms with Crippen molar-refractivity contribution in [1.82, 2.24) is 0 Å². The molecule has 102 valence electrons. The van der Waals surface area contributed by atoms with Gasteiger partial charge in [0.2, 0.25) is 8.32 Å². The van der Waals surface area contributed by atoms with Crippen LogP contribution in [0.15, 0.2) is 24.3 Å². The zero-order valence-corrected chi connectivity index (χ0v) is 13.3. The van der Waals surface area contributed by atoms with Gasteiger partial charge in [-0.05, 0) is 30.3 Å².